The summed E-state index contributed by atoms with van der Waals surface area (Å²) in [5.74, 6) is 0.712. The highest BCUT2D eigenvalue weighted by Crippen LogP contribution is 2.26. The van der Waals surface area contributed by atoms with Gasteiger partial charge in [-0.3, -0.25) is 9.69 Å². The van der Waals surface area contributed by atoms with Crippen LogP contribution in [0.3, 0.4) is 0 Å². The molecule has 30 heavy (non-hydrogen) atoms. The number of aliphatic hydroxyl groups is 1. The van der Waals surface area contributed by atoms with Crippen LogP contribution in [-0.2, 0) is 6.54 Å². The van der Waals surface area contributed by atoms with Crippen molar-refractivity contribution in [1.82, 2.24) is 14.7 Å². The molecule has 2 aliphatic rings. The average molecular weight is 409 g/mol. The van der Waals surface area contributed by atoms with Crippen LogP contribution in [0, 0.1) is 11.3 Å². The maximum absolute atomic E-state index is 12.8. The molecule has 8 nitrogen and oxygen atoms in total. The second kappa shape index (κ2) is 8.86. The summed E-state index contributed by atoms with van der Waals surface area (Å²) in [6.45, 7) is 3.67. The van der Waals surface area contributed by atoms with Crippen molar-refractivity contribution in [3.8, 4) is 11.8 Å². The van der Waals surface area contributed by atoms with Gasteiger partial charge in [-0.05, 0) is 37.9 Å². The Hall–Kier alpha value is -2.89. The molecule has 0 saturated carbocycles. The second-order valence-electron chi connectivity index (χ2n) is 8.05. The van der Waals surface area contributed by atoms with Crippen LogP contribution in [0.2, 0.25) is 0 Å². The quantitative estimate of drug-likeness (QED) is 0.800. The van der Waals surface area contributed by atoms with Crippen LogP contribution in [0.15, 0.2) is 35.3 Å². The van der Waals surface area contributed by atoms with Gasteiger partial charge in [0.1, 0.15) is 5.75 Å². The molecule has 0 bridgehead atoms. The fourth-order valence-corrected chi connectivity index (χ4v) is 4.39. The van der Waals surface area contributed by atoms with Crippen LogP contribution in [0.1, 0.15) is 36.4 Å². The molecule has 3 heterocycles. The van der Waals surface area contributed by atoms with E-state index in [0.29, 0.717) is 24.4 Å². The minimum Gasteiger partial charge on any atom is -0.496 e. The highest BCUT2D eigenvalue weighted by Gasteiger charge is 2.25. The number of anilines is 1. The van der Waals surface area contributed by atoms with E-state index in [-0.39, 0.29) is 17.7 Å². The van der Waals surface area contributed by atoms with E-state index in [1.165, 1.54) is 0 Å². The fraction of sp³-hybridized carbons (Fsp3) is 0.500. The molecular formula is C22H27N5O3. The molecule has 2 saturated heterocycles. The lowest BCUT2D eigenvalue weighted by atomic mass is 10.0. The van der Waals surface area contributed by atoms with Crippen LogP contribution in [0.4, 0.5) is 5.69 Å². The summed E-state index contributed by atoms with van der Waals surface area (Å²) in [4.78, 5) is 17.1. The number of rotatable bonds is 5. The zero-order valence-corrected chi connectivity index (χ0v) is 17.2. The molecule has 1 aromatic carbocycles. The summed E-state index contributed by atoms with van der Waals surface area (Å²) < 4.78 is 7.06. The van der Waals surface area contributed by atoms with E-state index in [1.54, 1.807) is 36.2 Å². The molecule has 2 aromatic rings. The maximum atomic E-state index is 12.8. The summed E-state index contributed by atoms with van der Waals surface area (Å²) in [5.41, 5.74) is 2.29. The van der Waals surface area contributed by atoms with Crippen LogP contribution >= 0.6 is 0 Å². The highest BCUT2D eigenvalue weighted by molar-refractivity contribution is 5.44. The van der Waals surface area contributed by atoms with Gasteiger partial charge in [0.15, 0.2) is 0 Å². The van der Waals surface area contributed by atoms with Gasteiger partial charge in [0, 0.05) is 37.8 Å². The first-order chi connectivity index (χ1) is 14.6. The molecule has 8 heteroatoms. The van der Waals surface area contributed by atoms with Crippen LogP contribution in [0.25, 0.3) is 0 Å². The third kappa shape index (κ3) is 4.32. The largest absolute Gasteiger partial charge is 0.496 e. The van der Waals surface area contributed by atoms with E-state index in [4.69, 9.17) is 10.00 Å². The predicted molar refractivity (Wildman–Crippen MR) is 113 cm³/mol. The number of aromatic nitrogens is 2. The molecule has 0 spiro atoms. The molecule has 0 amide bonds. The lowest BCUT2D eigenvalue weighted by molar-refractivity contribution is 0.158. The number of piperidine rings is 1. The normalized spacial score (nSPS) is 22.1. The van der Waals surface area contributed by atoms with Gasteiger partial charge in [-0.15, -0.1) is 0 Å². The molecule has 158 valence electrons. The maximum Gasteiger partial charge on any atom is 0.269 e. The van der Waals surface area contributed by atoms with Crippen molar-refractivity contribution >= 4 is 5.69 Å². The summed E-state index contributed by atoms with van der Waals surface area (Å²) in [6.07, 6.45) is 4.02. The van der Waals surface area contributed by atoms with E-state index in [2.05, 4.69) is 16.1 Å². The number of nitrogens with zero attached hydrogens (tertiary/aromatic N) is 5. The topological polar surface area (TPSA) is 94.6 Å². The van der Waals surface area contributed by atoms with E-state index in [9.17, 15) is 9.90 Å². The summed E-state index contributed by atoms with van der Waals surface area (Å²) in [7, 11) is 1.61. The Morgan fingerprint density at radius 2 is 2.13 bits per heavy atom. The third-order valence-corrected chi connectivity index (χ3v) is 5.98. The van der Waals surface area contributed by atoms with Crippen molar-refractivity contribution in [3.63, 3.8) is 0 Å². The van der Waals surface area contributed by atoms with Crippen molar-refractivity contribution in [1.29, 1.82) is 5.26 Å². The van der Waals surface area contributed by atoms with Gasteiger partial charge in [0.05, 0.1) is 42.8 Å². The standard InChI is InChI=1S/C22H27N5O3/c1-30-21-9-16(11-23)4-5-17(21)13-25-7-2-3-18(14-25)27-22(29)10-19(12-24-27)26-8-6-20(28)15-26/h4-5,9-10,12,18,20,28H,2-3,6-8,13-15H2,1H3/t18-,20-/m0/s1. The fourth-order valence-electron chi connectivity index (χ4n) is 4.39. The number of methoxy groups -OCH3 is 1. The molecule has 0 radical (unpaired) electrons. The first kappa shape index (κ1) is 20.4. The lowest BCUT2D eigenvalue weighted by Gasteiger charge is -2.33. The average Bonchev–Trinajstić information content (AvgIpc) is 3.20. The van der Waals surface area contributed by atoms with E-state index in [1.807, 2.05) is 11.0 Å². The Morgan fingerprint density at radius 3 is 2.83 bits per heavy atom. The van der Waals surface area contributed by atoms with Crippen molar-refractivity contribution in [2.75, 3.05) is 38.2 Å². The van der Waals surface area contributed by atoms with Gasteiger partial charge in [-0.2, -0.15) is 10.4 Å². The van der Waals surface area contributed by atoms with Gasteiger partial charge in [-0.1, -0.05) is 6.07 Å². The van der Waals surface area contributed by atoms with Crippen LogP contribution in [-0.4, -0.2) is 59.2 Å². The first-order valence-corrected chi connectivity index (χ1v) is 10.4. The van der Waals surface area contributed by atoms with Crippen LogP contribution in [0.5, 0.6) is 5.75 Å². The number of benzene rings is 1. The van der Waals surface area contributed by atoms with Gasteiger partial charge in [-0.25, -0.2) is 4.68 Å². The van der Waals surface area contributed by atoms with Gasteiger partial charge in [0.2, 0.25) is 0 Å². The number of β-amino-alcohol motifs (C(OH)–C–C–N with tert-alkyl or cyclic N) is 1. The number of nitriles is 1. The monoisotopic (exact) mass is 409 g/mol. The third-order valence-electron chi connectivity index (χ3n) is 5.98. The van der Waals surface area contributed by atoms with Crippen LogP contribution < -0.4 is 15.2 Å². The number of hydrogen-bond donors (Lipinski definition) is 1. The minimum absolute atomic E-state index is 0.0221. The van der Waals surface area contributed by atoms with Gasteiger partial charge >= 0.3 is 0 Å². The zero-order chi connectivity index (χ0) is 21.1. The van der Waals surface area contributed by atoms with Gasteiger partial charge in [0.25, 0.3) is 5.56 Å². The first-order valence-electron chi connectivity index (χ1n) is 10.4. The number of likely N-dealkylation sites (tertiary alicyclic amines) is 1. The molecule has 2 aliphatic heterocycles. The zero-order valence-electron chi connectivity index (χ0n) is 17.2. The number of aliphatic hydroxyl groups excluding tert-OH is 1. The minimum atomic E-state index is -0.335. The Bertz CT molecular complexity index is 999. The summed E-state index contributed by atoms with van der Waals surface area (Å²) in [5, 5.41) is 23.3. The molecular weight excluding hydrogens is 382 g/mol. The number of ether oxygens (including phenoxy) is 1. The smallest absolute Gasteiger partial charge is 0.269 e. The Labute approximate surface area is 175 Å². The molecule has 2 fully saturated rings. The molecule has 0 unspecified atom stereocenters. The molecule has 1 N–H and O–H groups in total. The molecule has 1 aromatic heterocycles. The second-order valence-corrected chi connectivity index (χ2v) is 8.05. The molecule has 4 rings (SSSR count). The van der Waals surface area contributed by atoms with E-state index >= 15 is 0 Å². The molecule has 2 atom stereocenters. The highest BCUT2D eigenvalue weighted by atomic mass is 16.5. The van der Waals surface area contributed by atoms with Crippen molar-refractivity contribution in [3.05, 3.63) is 51.9 Å². The Morgan fingerprint density at radius 1 is 1.27 bits per heavy atom. The summed E-state index contributed by atoms with van der Waals surface area (Å²) in [6, 6.07) is 9.29. The molecule has 0 aliphatic carbocycles. The lowest BCUT2D eigenvalue weighted by Crippen LogP contribution is -2.40. The van der Waals surface area contributed by atoms with Crippen molar-refractivity contribution in [2.24, 2.45) is 0 Å². The Balaban J connectivity index is 1.47. The van der Waals surface area contributed by atoms with Crippen molar-refractivity contribution < 1.29 is 9.84 Å². The summed E-state index contributed by atoms with van der Waals surface area (Å²) >= 11 is 0. The Kier molecular flexibility index (Phi) is 6.02. The SMILES string of the molecule is COc1cc(C#N)ccc1CN1CCC[C@H](n2ncc(N3CC[C@H](O)C3)cc2=O)C1. The van der Waals surface area contributed by atoms with E-state index < -0.39 is 0 Å². The number of hydrogen-bond acceptors (Lipinski definition) is 7. The van der Waals surface area contributed by atoms with Gasteiger partial charge < -0.3 is 14.7 Å². The predicted octanol–water partition coefficient (Wildman–Crippen LogP) is 1.53. The van der Waals surface area contributed by atoms with E-state index in [0.717, 1.165) is 50.1 Å². The van der Waals surface area contributed by atoms with Crippen molar-refractivity contribution in [2.45, 2.75) is 38.0 Å².